The van der Waals surface area contributed by atoms with Crippen molar-refractivity contribution in [2.45, 2.75) is 10.5 Å². The summed E-state index contributed by atoms with van der Waals surface area (Å²) in [6, 6.07) is 3.56. The second-order valence-corrected chi connectivity index (χ2v) is 2.26. The molecule has 0 aromatic rings. The molecule has 0 rings (SSSR count). The summed E-state index contributed by atoms with van der Waals surface area (Å²) in [4.78, 5) is 0. The second-order valence-electron chi connectivity index (χ2n) is 1.15. The second kappa shape index (κ2) is 6.80. The van der Waals surface area contributed by atoms with Crippen molar-refractivity contribution in [1.82, 2.24) is 0 Å². The van der Waals surface area contributed by atoms with Gasteiger partial charge in [0.1, 0.15) is 10.5 Å². The molecule has 0 aliphatic rings. The smallest absolute Gasteiger partial charge is 1.00 e. The topological polar surface area (TPSA) is 47.6 Å². The fraction of sp³-hybridized carbons (Fsp3) is 0.500. The van der Waals surface area contributed by atoms with Gasteiger partial charge in [-0.1, -0.05) is 0 Å². The van der Waals surface area contributed by atoms with E-state index in [0.29, 0.717) is 0 Å². The Morgan fingerprint density at radius 1 is 1.11 bits per heavy atom. The van der Waals surface area contributed by atoms with Gasteiger partial charge in [0, 0.05) is 0 Å². The van der Waals surface area contributed by atoms with Crippen LogP contribution in [0.4, 0.5) is 0 Å². The van der Waals surface area contributed by atoms with Crippen molar-refractivity contribution in [3.8, 4) is 12.1 Å². The van der Waals surface area contributed by atoms with Crippen molar-refractivity contribution in [3.05, 3.63) is 0 Å². The van der Waals surface area contributed by atoms with Gasteiger partial charge < -0.3 is 1.43 Å². The van der Waals surface area contributed by atoms with E-state index in [1.807, 2.05) is 0 Å². The Hall–Kier alpha value is 0.680. The van der Waals surface area contributed by atoms with Gasteiger partial charge in [-0.15, -0.1) is 0 Å². The zero-order valence-electron chi connectivity index (χ0n) is 5.94. The van der Waals surface area contributed by atoms with Gasteiger partial charge in [0.25, 0.3) is 0 Å². The molecule has 0 aliphatic heterocycles. The van der Waals surface area contributed by atoms with Gasteiger partial charge in [0.15, 0.2) is 0 Å². The van der Waals surface area contributed by atoms with E-state index >= 15 is 0 Å². The van der Waals surface area contributed by atoms with Crippen molar-refractivity contribution in [1.29, 1.82) is 10.5 Å². The molecule has 0 amide bonds. The normalized spacial score (nSPS) is 13.8. The van der Waals surface area contributed by atoms with Crippen molar-refractivity contribution in [2.75, 3.05) is 0 Å². The number of hydrogen-bond donors (Lipinski definition) is 2. The Balaban J connectivity index is -0.000000245. The summed E-state index contributed by atoms with van der Waals surface area (Å²) in [7, 11) is 0. The van der Waals surface area contributed by atoms with Crippen LogP contribution >= 0.6 is 25.3 Å². The zero-order valence-corrected chi connectivity index (χ0v) is 8.73. The Kier molecular flexibility index (Phi) is 9.34. The molecule has 0 saturated carbocycles. The third-order valence-electron chi connectivity index (χ3n) is 0.564. The van der Waals surface area contributed by atoms with E-state index in [0.717, 1.165) is 0 Å². The third-order valence-corrected chi connectivity index (χ3v) is 1.63. The molecule has 0 radical (unpaired) electrons. The minimum Gasteiger partial charge on any atom is -1.00 e. The molecule has 2 nitrogen and oxygen atoms in total. The maximum absolute atomic E-state index is 8.11. The standard InChI is InChI=1S/C4H4N2S2.Na.H/c5-1-3(7)4(8)2-6;;/h3-4,7-8H;;/q;+1;-1. The summed E-state index contributed by atoms with van der Waals surface area (Å²) in [6.45, 7) is 0. The van der Waals surface area contributed by atoms with Crippen molar-refractivity contribution in [3.63, 3.8) is 0 Å². The average Bonchev–Trinajstić information content (AvgIpc) is 1.84. The van der Waals surface area contributed by atoms with Crippen LogP contribution in [0.15, 0.2) is 0 Å². The summed E-state index contributed by atoms with van der Waals surface area (Å²) in [5, 5.41) is 15.1. The first-order valence-electron chi connectivity index (χ1n) is 1.87. The summed E-state index contributed by atoms with van der Waals surface area (Å²) in [6.07, 6.45) is 0. The molecule has 0 bridgehead atoms. The van der Waals surface area contributed by atoms with E-state index in [-0.39, 0.29) is 31.0 Å². The van der Waals surface area contributed by atoms with Crippen molar-refractivity contribution < 1.29 is 31.0 Å². The van der Waals surface area contributed by atoms with Crippen LogP contribution in [0.5, 0.6) is 0 Å². The molecule has 0 heterocycles. The number of rotatable bonds is 1. The number of thiol groups is 2. The first-order valence-corrected chi connectivity index (χ1v) is 2.91. The maximum atomic E-state index is 8.11. The van der Waals surface area contributed by atoms with Crippen LogP contribution in [0.3, 0.4) is 0 Å². The molecule has 2 atom stereocenters. The van der Waals surface area contributed by atoms with Gasteiger partial charge >= 0.3 is 29.6 Å². The van der Waals surface area contributed by atoms with Gasteiger partial charge in [-0.3, -0.25) is 0 Å². The number of nitriles is 2. The van der Waals surface area contributed by atoms with Crippen molar-refractivity contribution >= 4 is 25.3 Å². The predicted octanol–water partition coefficient (Wildman–Crippen LogP) is -2.25. The molecular formula is C4H5N2NaS2. The molecule has 0 aromatic heterocycles. The summed E-state index contributed by atoms with van der Waals surface area (Å²) in [5.41, 5.74) is 0. The van der Waals surface area contributed by atoms with Crippen LogP contribution in [0.1, 0.15) is 1.43 Å². The van der Waals surface area contributed by atoms with E-state index in [1.54, 1.807) is 12.1 Å². The maximum Gasteiger partial charge on any atom is 1.00 e. The molecule has 0 fully saturated rings. The van der Waals surface area contributed by atoms with Gasteiger partial charge in [-0.25, -0.2) is 0 Å². The Morgan fingerprint density at radius 3 is 1.44 bits per heavy atom. The molecule has 0 saturated heterocycles. The van der Waals surface area contributed by atoms with Gasteiger partial charge in [0.2, 0.25) is 0 Å². The molecule has 0 spiro atoms. The van der Waals surface area contributed by atoms with Crippen LogP contribution in [0.25, 0.3) is 0 Å². The van der Waals surface area contributed by atoms with Crippen LogP contribution in [0, 0.1) is 22.7 Å². The number of hydrogen-bond acceptors (Lipinski definition) is 4. The number of nitrogens with zero attached hydrogens (tertiary/aromatic N) is 2. The van der Waals surface area contributed by atoms with Crippen LogP contribution in [-0.4, -0.2) is 10.5 Å². The third kappa shape index (κ3) is 5.14. The molecular weight excluding hydrogens is 163 g/mol. The van der Waals surface area contributed by atoms with Crippen molar-refractivity contribution in [2.24, 2.45) is 0 Å². The molecule has 9 heavy (non-hydrogen) atoms. The molecule has 0 N–H and O–H groups in total. The fourth-order valence-corrected chi connectivity index (χ4v) is 0.275. The first-order chi connectivity index (χ1) is 3.72. The van der Waals surface area contributed by atoms with Gasteiger partial charge in [0.05, 0.1) is 12.1 Å². The summed E-state index contributed by atoms with van der Waals surface area (Å²) >= 11 is 7.49. The Morgan fingerprint density at radius 2 is 1.33 bits per heavy atom. The minimum atomic E-state index is -0.580. The van der Waals surface area contributed by atoms with Gasteiger partial charge in [-0.2, -0.15) is 35.8 Å². The molecule has 44 valence electrons. The van der Waals surface area contributed by atoms with E-state index in [2.05, 4.69) is 25.3 Å². The Bertz CT molecular complexity index is 134. The minimum absolute atomic E-state index is 0. The molecule has 5 heteroatoms. The molecule has 0 aromatic carbocycles. The van der Waals surface area contributed by atoms with Crippen LogP contribution in [0.2, 0.25) is 0 Å². The summed E-state index contributed by atoms with van der Waals surface area (Å²) in [5.74, 6) is 0. The fourth-order valence-electron chi connectivity index (χ4n) is 0.141. The SMILES string of the molecule is N#CC(S)C(S)C#N.[H-].[Na+]. The Labute approximate surface area is 88.8 Å². The van der Waals surface area contributed by atoms with E-state index in [4.69, 9.17) is 10.5 Å². The van der Waals surface area contributed by atoms with Crippen LogP contribution in [-0.2, 0) is 0 Å². The van der Waals surface area contributed by atoms with E-state index in [1.165, 1.54) is 0 Å². The predicted molar refractivity (Wildman–Crippen MR) is 37.9 cm³/mol. The van der Waals surface area contributed by atoms with Gasteiger partial charge in [-0.05, 0) is 0 Å². The van der Waals surface area contributed by atoms with E-state index in [9.17, 15) is 0 Å². The largest absolute Gasteiger partial charge is 1.00 e. The quantitative estimate of drug-likeness (QED) is 0.343. The van der Waals surface area contributed by atoms with Crippen LogP contribution < -0.4 is 29.6 Å². The molecule has 0 aliphatic carbocycles. The first kappa shape index (κ1) is 12.4. The van der Waals surface area contributed by atoms with E-state index < -0.39 is 10.5 Å². The molecule has 2 unspecified atom stereocenters. The monoisotopic (exact) mass is 168 g/mol. The zero-order chi connectivity index (χ0) is 6.57. The summed E-state index contributed by atoms with van der Waals surface area (Å²) < 4.78 is 0. The average molecular weight is 168 g/mol.